The quantitative estimate of drug-likeness (QED) is 0.475. The Hall–Kier alpha value is -1.29. The van der Waals surface area contributed by atoms with Crippen molar-refractivity contribution in [3.8, 4) is 5.92 Å². The fourth-order valence-corrected chi connectivity index (χ4v) is 0.744. The molecule has 1 aromatic rings. The Kier molecular flexibility index (Phi) is 1.73. The summed E-state index contributed by atoms with van der Waals surface area (Å²) in [6.45, 7) is 1.66. The highest BCUT2D eigenvalue weighted by Crippen LogP contribution is 2.09. The lowest BCUT2D eigenvalue weighted by molar-refractivity contribution is 0.615. The lowest BCUT2D eigenvalue weighted by Gasteiger charge is -1.95. The molecule has 1 rings (SSSR count). The second-order valence-electron chi connectivity index (χ2n) is 2.06. The van der Waals surface area contributed by atoms with Crippen LogP contribution < -0.4 is 0 Å². The Bertz CT molecular complexity index is 281. The fourth-order valence-electron chi connectivity index (χ4n) is 0.744. The molecule has 0 aromatic heterocycles. The number of benzene rings is 1. The van der Waals surface area contributed by atoms with Crippen LogP contribution in [0.2, 0.25) is 0 Å². The van der Waals surface area contributed by atoms with Crippen molar-refractivity contribution in [1.82, 2.24) is 0 Å². The van der Waals surface area contributed by atoms with Crippen molar-refractivity contribution in [3.05, 3.63) is 41.6 Å². The zero-order valence-electron chi connectivity index (χ0n) is 5.61. The van der Waals surface area contributed by atoms with Crippen LogP contribution in [-0.4, -0.2) is 0 Å². The average molecular weight is 133 g/mol. The molecular weight excluding hydrogens is 127 g/mol. The van der Waals surface area contributed by atoms with Gasteiger partial charge >= 0.3 is 0 Å². The number of hydrogen-bond donors (Lipinski definition) is 0. The zero-order chi connectivity index (χ0) is 7.56. The van der Waals surface area contributed by atoms with Crippen LogP contribution in [0.3, 0.4) is 0 Å². The van der Waals surface area contributed by atoms with Gasteiger partial charge in [-0.2, -0.15) is 0 Å². The minimum absolute atomic E-state index is 0.222. The van der Waals surface area contributed by atoms with Gasteiger partial charge in [0.15, 0.2) is 0 Å². The predicted octanol–water partition coefficient (Wildman–Crippen LogP) is 2.07. The van der Waals surface area contributed by atoms with Gasteiger partial charge in [-0.15, -0.1) is 0 Å². The first kappa shape index (κ1) is 6.82. The van der Waals surface area contributed by atoms with E-state index < -0.39 is 0 Å². The van der Waals surface area contributed by atoms with E-state index in [1.165, 1.54) is 6.07 Å². The molecule has 0 aliphatic carbocycles. The van der Waals surface area contributed by atoms with Crippen molar-refractivity contribution >= 4 is 0 Å². The number of aryl methyl sites for hydroxylation is 1. The molecule has 10 heavy (non-hydrogen) atoms. The van der Waals surface area contributed by atoms with E-state index in [0.29, 0.717) is 5.56 Å². The molecule has 1 aromatic carbocycles. The van der Waals surface area contributed by atoms with Gasteiger partial charge in [-0.05, 0) is 30.9 Å². The van der Waals surface area contributed by atoms with Crippen LogP contribution in [0, 0.1) is 25.1 Å². The van der Waals surface area contributed by atoms with E-state index in [2.05, 4.69) is 0 Å². The minimum Gasteiger partial charge on any atom is -0.205 e. The molecule has 0 spiro atoms. The molecule has 1 radical (unpaired) electrons. The van der Waals surface area contributed by atoms with Gasteiger partial charge in [-0.3, -0.25) is 0 Å². The summed E-state index contributed by atoms with van der Waals surface area (Å²) in [5, 5.41) is 0. The van der Waals surface area contributed by atoms with Crippen molar-refractivity contribution in [1.29, 1.82) is 0 Å². The molecule has 0 saturated carbocycles. The number of rotatable bonds is 0. The molecule has 0 saturated heterocycles. The first-order valence-corrected chi connectivity index (χ1v) is 2.93. The highest BCUT2D eigenvalue weighted by molar-refractivity contribution is 5.35. The Morgan fingerprint density at radius 2 is 2.20 bits per heavy atom. The first-order chi connectivity index (χ1) is 4.75. The van der Waals surface area contributed by atoms with Gasteiger partial charge in [-0.1, -0.05) is 12.1 Å². The Morgan fingerprint density at radius 3 is 2.70 bits per heavy atom. The molecule has 49 valence electrons. The van der Waals surface area contributed by atoms with Crippen molar-refractivity contribution < 1.29 is 4.39 Å². The maximum Gasteiger partial charge on any atom is 0.141 e. The third-order valence-corrected chi connectivity index (χ3v) is 1.33. The third kappa shape index (κ3) is 1.01. The summed E-state index contributed by atoms with van der Waals surface area (Å²) in [7, 11) is 0. The van der Waals surface area contributed by atoms with Gasteiger partial charge < -0.3 is 0 Å². The van der Waals surface area contributed by atoms with E-state index >= 15 is 0 Å². The van der Waals surface area contributed by atoms with Crippen molar-refractivity contribution in [2.45, 2.75) is 6.92 Å². The van der Waals surface area contributed by atoms with Gasteiger partial charge in [0.25, 0.3) is 0 Å². The van der Waals surface area contributed by atoms with Crippen LogP contribution in [0.15, 0.2) is 18.2 Å². The van der Waals surface area contributed by atoms with Gasteiger partial charge in [0.1, 0.15) is 5.82 Å². The molecule has 0 nitrogen and oxygen atoms in total. The Balaban J connectivity index is 3.31. The van der Waals surface area contributed by atoms with Crippen LogP contribution in [-0.2, 0) is 0 Å². The lowest BCUT2D eigenvalue weighted by Crippen LogP contribution is -1.85. The number of hydrogen-bond acceptors (Lipinski definition) is 0. The second-order valence-corrected chi connectivity index (χ2v) is 2.06. The van der Waals surface area contributed by atoms with Crippen LogP contribution in [0.5, 0.6) is 0 Å². The standard InChI is InChI=1S/C9H6F/c1-3-8-6-4-5-7(2)9(8)10/h4-6H,2H3. The van der Waals surface area contributed by atoms with E-state index in [4.69, 9.17) is 6.42 Å². The maximum atomic E-state index is 12.8. The molecule has 0 amide bonds. The molecule has 0 aliphatic rings. The summed E-state index contributed by atoms with van der Waals surface area (Å²) < 4.78 is 12.8. The molecule has 1 heteroatoms. The second kappa shape index (κ2) is 2.53. The molecule has 0 aliphatic heterocycles. The fraction of sp³-hybridized carbons (Fsp3) is 0.111. The van der Waals surface area contributed by atoms with Crippen LogP contribution in [0.25, 0.3) is 0 Å². The Morgan fingerprint density at radius 1 is 1.50 bits per heavy atom. The zero-order valence-corrected chi connectivity index (χ0v) is 5.61. The SMILES string of the molecule is [C]#Cc1cccc(C)c1F. The summed E-state index contributed by atoms with van der Waals surface area (Å²) in [4.78, 5) is 0. The van der Waals surface area contributed by atoms with Gasteiger partial charge in [0.05, 0.1) is 5.56 Å². The maximum absolute atomic E-state index is 12.8. The van der Waals surface area contributed by atoms with Crippen molar-refractivity contribution in [2.75, 3.05) is 0 Å². The van der Waals surface area contributed by atoms with Gasteiger partial charge in [0, 0.05) is 0 Å². The highest BCUT2D eigenvalue weighted by Gasteiger charge is 1.99. The Labute approximate surface area is 59.7 Å². The minimum atomic E-state index is -0.350. The molecule has 0 atom stereocenters. The molecule has 0 unspecified atom stereocenters. The van der Waals surface area contributed by atoms with Gasteiger partial charge in [-0.25, -0.2) is 4.39 Å². The summed E-state index contributed by atoms with van der Waals surface area (Å²) in [6, 6.07) is 4.89. The smallest absolute Gasteiger partial charge is 0.141 e. The molecule has 0 bridgehead atoms. The summed E-state index contributed by atoms with van der Waals surface area (Å²) in [6.07, 6.45) is 6.69. The monoisotopic (exact) mass is 133 g/mol. The van der Waals surface area contributed by atoms with E-state index in [9.17, 15) is 4.39 Å². The topological polar surface area (TPSA) is 0 Å². The molecular formula is C9H6F. The number of halogens is 1. The van der Waals surface area contributed by atoms with Crippen LogP contribution >= 0.6 is 0 Å². The summed E-state index contributed by atoms with van der Waals surface area (Å²) in [5.41, 5.74) is 0.775. The molecule has 0 heterocycles. The van der Waals surface area contributed by atoms with Gasteiger partial charge in [0.2, 0.25) is 0 Å². The molecule has 0 N–H and O–H groups in total. The summed E-state index contributed by atoms with van der Waals surface area (Å²) >= 11 is 0. The predicted molar refractivity (Wildman–Crippen MR) is 37.4 cm³/mol. The lowest BCUT2D eigenvalue weighted by atomic mass is 10.1. The first-order valence-electron chi connectivity index (χ1n) is 2.93. The van der Waals surface area contributed by atoms with Crippen LogP contribution in [0.4, 0.5) is 4.39 Å². The summed E-state index contributed by atoms with van der Waals surface area (Å²) in [5.74, 6) is 1.66. The van der Waals surface area contributed by atoms with Crippen molar-refractivity contribution in [2.24, 2.45) is 0 Å². The van der Waals surface area contributed by atoms with E-state index in [1.807, 2.05) is 5.92 Å². The van der Waals surface area contributed by atoms with E-state index in [0.717, 1.165) is 0 Å². The van der Waals surface area contributed by atoms with Crippen molar-refractivity contribution in [3.63, 3.8) is 0 Å². The largest absolute Gasteiger partial charge is 0.205 e. The molecule has 0 fully saturated rings. The normalized spacial score (nSPS) is 8.90. The van der Waals surface area contributed by atoms with E-state index in [-0.39, 0.29) is 11.4 Å². The third-order valence-electron chi connectivity index (χ3n) is 1.33. The average Bonchev–Trinajstić information content (AvgIpc) is 1.95. The van der Waals surface area contributed by atoms with E-state index in [1.54, 1.807) is 19.1 Å². The highest BCUT2D eigenvalue weighted by atomic mass is 19.1. The van der Waals surface area contributed by atoms with Crippen LogP contribution in [0.1, 0.15) is 11.1 Å².